The zero-order valence-electron chi connectivity index (χ0n) is 6.79. The summed E-state index contributed by atoms with van der Waals surface area (Å²) in [5.41, 5.74) is -0.405. The monoisotopic (exact) mass is 156 g/mol. The van der Waals surface area contributed by atoms with E-state index >= 15 is 0 Å². The Hall–Kier alpha value is -0.340. The van der Waals surface area contributed by atoms with E-state index in [1.54, 1.807) is 6.08 Å². The van der Waals surface area contributed by atoms with Gasteiger partial charge in [0.2, 0.25) is 0 Å². The smallest absolute Gasteiger partial charge is 0.0652 e. The largest absolute Gasteiger partial charge is 0.395 e. The lowest BCUT2D eigenvalue weighted by Gasteiger charge is -2.37. The van der Waals surface area contributed by atoms with Crippen molar-refractivity contribution in [2.75, 3.05) is 6.61 Å². The van der Waals surface area contributed by atoms with Gasteiger partial charge >= 0.3 is 0 Å². The normalized spacial score (nSPS) is 38.5. The predicted octanol–water partition coefficient (Wildman–Crippen LogP) is 1.09. The molecule has 1 aliphatic rings. The molecule has 0 aromatic rings. The number of aliphatic hydroxyl groups is 2. The van der Waals surface area contributed by atoms with Crippen LogP contribution in [0.1, 0.15) is 25.7 Å². The summed E-state index contributed by atoms with van der Waals surface area (Å²) >= 11 is 0. The van der Waals surface area contributed by atoms with Crippen LogP contribution in [0.5, 0.6) is 0 Å². The molecule has 0 heterocycles. The molecule has 2 atom stereocenters. The van der Waals surface area contributed by atoms with Crippen LogP contribution in [0.2, 0.25) is 0 Å². The van der Waals surface area contributed by atoms with Gasteiger partial charge in [-0.1, -0.05) is 18.9 Å². The van der Waals surface area contributed by atoms with Gasteiger partial charge in [-0.2, -0.15) is 0 Å². The van der Waals surface area contributed by atoms with E-state index in [2.05, 4.69) is 6.58 Å². The Morgan fingerprint density at radius 1 is 1.55 bits per heavy atom. The molecule has 2 nitrogen and oxygen atoms in total. The molecule has 2 N–H and O–H groups in total. The van der Waals surface area contributed by atoms with Crippen molar-refractivity contribution in [2.24, 2.45) is 5.41 Å². The fourth-order valence-corrected chi connectivity index (χ4v) is 1.73. The fourth-order valence-electron chi connectivity index (χ4n) is 1.73. The van der Waals surface area contributed by atoms with E-state index in [9.17, 15) is 5.11 Å². The van der Waals surface area contributed by atoms with Crippen LogP contribution >= 0.6 is 0 Å². The van der Waals surface area contributed by atoms with Crippen molar-refractivity contribution in [1.82, 2.24) is 0 Å². The summed E-state index contributed by atoms with van der Waals surface area (Å²) in [4.78, 5) is 0. The highest BCUT2D eigenvalue weighted by atomic mass is 16.3. The van der Waals surface area contributed by atoms with Gasteiger partial charge in [-0.15, -0.1) is 6.58 Å². The number of hydrogen-bond donors (Lipinski definition) is 2. The SMILES string of the molecule is C=C[C@]1(CO)CCCC[C@H]1O. The molecule has 64 valence electrons. The lowest BCUT2D eigenvalue weighted by molar-refractivity contribution is -0.0146. The average Bonchev–Trinajstić information content (AvgIpc) is 2.06. The van der Waals surface area contributed by atoms with Crippen molar-refractivity contribution in [1.29, 1.82) is 0 Å². The highest BCUT2D eigenvalue weighted by Crippen LogP contribution is 2.36. The maximum Gasteiger partial charge on any atom is 0.0652 e. The van der Waals surface area contributed by atoms with Crippen LogP contribution in [0.4, 0.5) is 0 Å². The second-order valence-corrected chi connectivity index (χ2v) is 3.36. The van der Waals surface area contributed by atoms with E-state index < -0.39 is 11.5 Å². The van der Waals surface area contributed by atoms with Crippen LogP contribution in [-0.2, 0) is 0 Å². The average molecular weight is 156 g/mol. The van der Waals surface area contributed by atoms with Crippen LogP contribution < -0.4 is 0 Å². The maximum atomic E-state index is 9.59. The minimum Gasteiger partial charge on any atom is -0.395 e. The highest BCUT2D eigenvalue weighted by Gasteiger charge is 2.36. The van der Waals surface area contributed by atoms with Crippen molar-refractivity contribution in [3.8, 4) is 0 Å². The Balaban J connectivity index is 2.69. The van der Waals surface area contributed by atoms with Crippen molar-refractivity contribution >= 4 is 0 Å². The van der Waals surface area contributed by atoms with Gasteiger partial charge < -0.3 is 10.2 Å². The molecular formula is C9H16O2. The van der Waals surface area contributed by atoms with Crippen LogP contribution in [0.25, 0.3) is 0 Å². The molecule has 0 bridgehead atoms. The van der Waals surface area contributed by atoms with Gasteiger partial charge in [0.25, 0.3) is 0 Å². The second kappa shape index (κ2) is 3.37. The van der Waals surface area contributed by atoms with Crippen molar-refractivity contribution in [2.45, 2.75) is 31.8 Å². The Kier molecular flexibility index (Phi) is 2.68. The van der Waals surface area contributed by atoms with Gasteiger partial charge in [0, 0.05) is 5.41 Å². The van der Waals surface area contributed by atoms with E-state index in [1.165, 1.54) is 0 Å². The number of hydrogen-bond acceptors (Lipinski definition) is 2. The lowest BCUT2D eigenvalue weighted by Crippen LogP contribution is -2.39. The molecule has 0 saturated heterocycles. The second-order valence-electron chi connectivity index (χ2n) is 3.36. The zero-order chi connectivity index (χ0) is 8.32. The topological polar surface area (TPSA) is 40.5 Å². The molecule has 0 aromatic heterocycles. The van der Waals surface area contributed by atoms with Crippen molar-refractivity contribution in [3.63, 3.8) is 0 Å². The molecule has 1 rings (SSSR count). The molecule has 0 radical (unpaired) electrons. The molecule has 11 heavy (non-hydrogen) atoms. The molecule has 1 saturated carbocycles. The number of rotatable bonds is 2. The summed E-state index contributed by atoms with van der Waals surface area (Å²) in [6, 6.07) is 0. The molecule has 0 unspecified atom stereocenters. The first-order valence-corrected chi connectivity index (χ1v) is 4.18. The minimum atomic E-state index is -0.405. The van der Waals surface area contributed by atoms with Gasteiger partial charge in [-0.25, -0.2) is 0 Å². The van der Waals surface area contributed by atoms with E-state index in [1.807, 2.05) is 0 Å². The third kappa shape index (κ3) is 1.47. The summed E-state index contributed by atoms with van der Waals surface area (Å²) in [6.45, 7) is 3.68. The van der Waals surface area contributed by atoms with Gasteiger partial charge in [-0.05, 0) is 12.8 Å². The molecule has 0 spiro atoms. The summed E-state index contributed by atoms with van der Waals surface area (Å²) in [5.74, 6) is 0. The Morgan fingerprint density at radius 2 is 2.27 bits per heavy atom. The summed E-state index contributed by atoms with van der Waals surface area (Å²) in [6.07, 6.45) is 5.14. The van der Waals surface area contributed by atoms with Crippen LogP contribution in [0, 0.1) is 5.41 Å². The zero-order valence-corrected chi connectivity index (χ0v) is 6.79. The number of aliphatic hydroxyl groups excluding tert-OH is 2. The van der Waals surface area contributed by atoms with Gasteiger partial charge in [-0.3, -0.25) is 0 Å². The van der Waals surface area contributed by atoms with Gasteiger partial charge in [0.15, 0.2) is 0 Å². The Morgan fingerprint density at radius 3 is 2.64 bits per heavy atom. The van der Waals surface area contributed by atoms with E-state index in [4.69, 9.17) is 5.11 Å². The minimum absolute atomic E-state index is 0.0255. The third-order valence-corrected chi connectivity index (χ3v) is 2.73. The molecule has 0 aromatic carbocycles. The molecule has 1 aliphatic carbocycles. The molecule has 1 fully saturated rings. The summed E-state index contributed by atoms with van der Waals surface area (Å²) < 4.78 is 0. The molecule has 0 aliphatic heterocycles. The van der Waals surface area contributed by atoms with Crippen LogP contribution in [-0.4, -0.2) is 22.9 Å². The van der Waals surface area contributed by atoms with Gasteiger partial charge in [0.05, 0.1) is 12.7 Å². The molecule has 2 heteroatoms. The first-order chi connectivity index (χ1) is 5.25. The predicted molar refractivity (Wildman–Crippen MR) is 44.2 cm³/mol. The standard InChI is InChI=1S/C9H16O2/c1-2-9(7-10)6-4-3-5-8(9)11/h2,8,10-11H,1,3-7H2/t8-,9-/m1/s1. The first kappa shape index (κ1) is 8.75. The van der Waals surface area contributed by atoms with Crippen molar-refractivity contribution in [3.05, 3.63) is 12.7 Å². The Labute approximate surface area is 67.6 Å². The van der Waals surface area contributed by atoms with Gasteiger partial charge in [0.1, 0.15) is 0 Å². The van der Waals surface area contributed by atoms with E-state index in [-0.39, 0.29) is 6.61 Å². The highest BCUT2D eigenvalue weighted by molar-refractivity contribution is 5.01. The maximum absolute atomic E-state index is 9.59. The van der Waals surface area contributed by atoms with Crippen LogP contribution in [0.15, 0.2) is 12.7 Å². The lowest BCUT2D eigenvalue weighted by atomic mass is 9.72. The Bertz CT molecular complexity index is 144. The quantitative estimate of drug-likeness (QED) is 0.587. The molecular weight excluding hydrogens is 140 g/mol. The van der Waals surface area contributed by atoms with E-state index in [0.29, 0.717) is 0 Å². The first-order valence-electron chi connectivity index (χ1n) is 4.18. The fraction of sp³-hybridized carbons (Fsp3) is 0.778. The summed E-state index contributed by atoms with van der Waals surface area (Å²) in [5, 5.41) is 18.7. The van der Waals surface area contributed by atoms with Crippen molar-refractivity contribution < 1.29 is 10.2 Å². The van der Waals surface area contributed by atoms with E-state index in [0.717, 1.165) is 25.7 Å². The van der Waals surface area contributed by atoms with Crippen LogP contribution in [0.3, 0.4) is 0 Å². The summed E-state index contributed by atoms with van der Waals surface area (Å²) in [7, 11) is 0. The third-order valence-electron chi connectivity index (χ3n) is 2.73. The molecule has 0 amide bonds.